The van der Waals surface area contributed by atoms with Crippen molar-refractivity contribution >= 4 is 28.2 Å². The number of benzene rings is 3. The van der Waals surface area contributed by atoms with Crippen LogP contribution in [0.15, 0.2) is 83.3 Å². The van der Waals surface area contributed by atoms with Crippen LogP contribution in [0.25, 0.3) is 33.3 Å². The Morgan fingerprint density at radius 3 is 2.25 bits per heavy atom. The number of carbonyl (C=O) groups excluding carboxylic acids is 1. The highest BCUT2D eigenvalue weighted by Crippen LogP contribution is 2.37. The maximum absolute atomic E-state index is 12.1. The van der Waals surface area contributed by atoms with E-state index in [1.54, 1.807) is 0 Å². The number of nitrogens with zero attached hydrogens (tertiary/aromatic N) is 1. The van der Waals surface area contributed by atoms with E-state index in [-0.39, 0.29) is 6.10 Å². The molecule has 0 N–H and O–H groups in total. The highest BCUT2D eigenvalue weighted by molar-refractivity contribution is 6.03. The predicted octanol–water partition coefficient (Wildman–Crippen LogP) is 8.48. The molecule has 2 aromatic heterocycles. The topological polar surface area (TPSA) is 52.3 Å². The molecule has 0 saturated heterocycles. The molecule has 0 radical (unpaired) electrons. The van der Waals surface area contributed by atoms with Gasteiger partial charge in [0.2, 0.25) is 0 Å². The van der Waals surface area contributed by atoms with Gasteiger partial charge in [-0.25, -0.2) is 4.98 Å². The van der Waals surface area contributed by atoms with Gasteiger partial charge in [0, 0.05) is 16.5 Å². The number of aldehydes is 1. The third kappa shape index (κ3) is 4.90. The lowest BCUT2D eigenvalue weighted by Gasteiger charge is -2.24. The van der Waals surface area contributed by atoms with Crippen LogP contribution < -0.4 is 4.74 Å². The largest absolute Gasteiger partial charge is 0.490 e. The van der Waals surface area contributed by atoms with Gasteiger partial charge >= 0.3 is 0 Å². The molecule has 0 aliphatic heterocycles. The molecule has 182 valence electrons. The van der Waals surface area contributed by atoms with Crippen LogP contribution in [-0.2, 0) is 0 Å². The fourth-order valence-electron chi connectivity index (χ4n) is 4.95. The van der Waals surface area contributed by atoms with E-state index in [4.69, 9.17) is 14.1 Å². The van der Waals surface area contributed by atoms with Crippen LogP contribution in [0.3, 0.4) is 0 Å². The highest BCUT2D eigenvalue weighted by atomic mass is 16.5. The predicted molar refractivity (Wildman–Crippen MR) is 146 cm³/mol. The molecular formula is C32H31NO3. The van der Waals surface area contributed by atoms with E-state index in [0.717, 1.165) is 57.9 Å². The Bertz CT molecular complexity index is 1450. The van der Waals surface area contributed by atoms with Gasteiger partial charge in [-0.05, 0) is 63.3 Å². The third-order valence-electron chi connectivity index (χ3n) is 6.87. The molecular weight excluding hydrogens is 446 g/mol. The minimum absolute atomic E-state index is 0.210. The van der Waals surface area contributed by atoms with Gasteiger partial charge in [-0.1, -0.05) is 67.1 Å². The first-order chi connectivity index (χ1) is 17.7. The maximum atomic E-state index is 12.1. The SMILES string of the molecule is Cc1c(-c2cc(C=O)c3c(OC4CCCCC4)ccc(C)c3n2)oc2ccccc12.c1ccccc1. The molecule has 0 unspecified atom stereocenters. The highest BCUT2D eigenvalue weighted by Gasteiger charge is 2.21. The summed E-state index contributed by atoms with van der Waals surface area (Å²) in [4.78, 5) is 17.0. The lowest BCUT2D eigenvalue weighted by molar-refractivity contribution is 0.112. The molecule has 1 fully saturated rings. The van der Waals surface area contributed by atoms with Crippen molar-refractivity contribution in [3.63, 3.8) is 0 Å². The number of rotatable bonds is 4. The summed E-state index contributed by atoms with van der Waals surface area (Å²) >= 11 is 0. The van der Waals surface area contributed by atoms with Crippen LogP contribution in [0.1, 0.15) is 53.6 Å². The number of pyridine rings is 1. The van der Waals surface area contributed by atoms with Crippen molar-refractivity contribution in [2.75, 3.05) is 0 Å². The molecule has 0 amide bonds. The van der Waals surface area contributed by atoms with E-state index in [0.29, 0.717) is 17.0 Å². The summed E-state index contributed by atoms with van der Waals surface area (Å²) < 4.78 is 12.5. The van der Waals surface area contributed by atoms with Gasteiger partial charge in [0.25, 0.3) is 0 Å². The van der Waals surface area contributed by atoms with E-state index >= 15 is 0 Å². The number of aryl methyl sites for hydroxylation is 2. The zero-order valence-corrected chi connectivity index (χ0v) is 20.9. The van der Waals surface area contributed by atoms with Gasteiger partial charge in [0.05, 0.1) is 17.0 Å². The Morgan fingerprint density at radius 2 is 1.58 bits per heavy atom. The molecule has 1 aliphatic rings. The van der Waals surface area contributed by atoms with Gasteiger partial charge in [-0.2, -0.15) is 0 Å². The Morgan fingerprint density at radius 1 is 0.889 bits per heavy atom. The summed E-state index contributed by atoms with van der Waals surface area (Å²) in [6.07, 6.45) is 6.91. The van der Waals surface area contributed by atoms with E-state index in [1.807, 2.05) is 92.7 Å². The fraction of sp³-hybridized carbons (Fsp3) is 0.250. The monoisotopic (exact) mass is 477 g/mol. The Kier molecular flexibility index (Phi) is 7.13. The molecule has 4 heteroatoms. The molecule has 1 aliphatic carbocycles. The molecule has 36 heavy (non-hydrogen) atoms. The molecule has 3 aromatic carbocycles. The summed E-state index contributed by atoms with van der Waals surface area (Å²) in [5.41, 5.74) is 4.93. The zero-order valence-electron chi connectivity index (χ0n) is 20.9. The second-order valence-electron chi connectivity index (χ2n) is 9.40. The molecule has 2 heterocycles. The first-order valence-electron chi connectivity index (χ1n) is 12.7. The second-order valence-corrected chi connectivity index (χ2v) is 9.40. The number of carbonyl (C=O) groups is 1. The standard InChI is InChI=1S/C26H25NO3.C6H6/c1-16-12-13-23(29-19-8-4-3-5-9-19)24-18(15-28)14-21(27-25(16)24)26-17(2)20-10-6-7-11-22(20)30-26;1-2-4-6-5-3-1/h6-7,10-15,19H,3-5,8-9H2,1-2H3;1-6H. The van der Waals surface area contributed by atoms with Crippen molar-refractivity contribution in [3.8, 4) is 17.2 Å². The van der Waals surface area contributed by atoms with Gasteiger partial charge in [-0.3, -0.25) is 4.79 Å². The van der Waals surface area contributed by atoms with Crippen LogP contribution in [0, 0.1) is 13.8 Å². The molecule has 0 atom stereocenters. The van der Waals surface area contributed by atoms with Gasteiger partial charge in [0.15, 0.2) is 12.0 Å². The van der Waals surface area contributed by atoms with Gasteiger partial charge in [0.1, 0.15) is 17.0 Å². The zero-order chi connectivity index (χ0) is 24.9. The molecule has 5 aromatic rings. The van der Waals surface area contributed by atoms with Crippen molar-refractivity contribution in [1.82, 2.24) is 4.98 Å². The minimum Gasteiger partial charge on any atom is -0.490 e. The van der Waals surface area contributed by atoms with Crippen molar-refractivity contribution in [1.29, 1.82) is 0 Å². The van der Waals surface area contributed by atoms with E-state index in [1.165, 1.54) is 19.3 Å². The maximum Gasteiger partial charge on any atom is 0.156 e. The summed E-state index contributed by atoms with van der Waals surface area (Å²) in [5, 5.41) is 1.86. The lowest BCUT2D eigenvalue weighted by atomic mass is 9.97. The quantitative estimate of drug-likeness (QED) is 0.244. The van der Waals surface area contributed by atoms with Crippen molar-refractivity contribution in [3.05, 3.63) is 95.6 Å². The number of hydrogen-bond acceptors (Lipinski definition) is 4. The number of para-hydroxylation sites is 1. The molecule has 1 saturated carbocycles. The normalized spacial score (nSPS) is 13.8. The first-order valence-corrected chi connectivity index (χ1v) is 12.7. The lowest BCUT2D eigenvalue weighted by Crippen LogP contribution is -2.20. The summed E-state index contributed by atoms with van der Waals surface area (Å²) in [6, 6.07) is 25.8. The average Bonchev–Trinajstić information content (AvgIpc) is 3.28. The number of aromatic nitrogens is 1. The fourth-order valence-corrected chi connectivity index (χ4v) is 4.95. The van der Waals surface area contributed by atoms with E-state index < -0.39 is 0 Å². The molecule has 4 nitrogen and oxygen atoms in total. The Balaban J connectivity index is 0.000000391. The Labute approximate surface area is 211 Å². The number of fused-ring (bicyclic) bond motifs is 2. The van der Waals surface area contributed by atoms with Crippen molar-refractivity contribution < 1.29 is 13.9 Å². The molecule has 0 spiro atoms. The van der Waals surface area contributed by atoms with Crippen LogP contribution in [0.2, 0.25) is 0 Å². The molecule has 0 bridgehead atoms. The summed E-state index contributed by atoms with van der Waals surface area (Å²) in [6.45, 7) is 4.05. The first kappa shape index (κ1) is 23.8. The van der Waals surface area contributed by atoms with Crippen LogP contribution >= 0.6 is 0 Å². The minimum atomic E-state index is 0.210. The van der Waals surface area contributed by atoms with Crippen molar-refractivity contribution in [2.24, 2.45) is 0 Å². The van der Waals surface area contributed by atoms with Crippen LogP contribution in [0.5, 0.6) is 5.75 Å². The second kappa shape index (κ2) is 10.8. The van der Waals surface area contributed by atoms with E-state index in [2.05, 4.69) is 0 Å². The van der Waals surface area contributed by atoms with Crippen molar-refractivity contribution in [2.45, 2.75) is 52.1 Å². The summed E-state index contributed by atoms with van der Waals surface area (Å²) in [7, 11) is 0. The number of ether oxygens (including phenoxy) is 1. The third-order valence-corrected chi connectivity index (χ3v) is 6.87. The average molecular weight is 478 g/mol. The van der Waals surface area contributed by atoms with Crippen LogP contribution in [-0.4, -0.2) is 17.4 Å². The number of hydrogen-bond donors (Lipinski definition) is 0. The Hall–Kier alpha value is -3.92. The van der Waals surface area contributed by atoms with Gasteiger partial charge in [-0.15, -0.1) is 0 Å². The van der Waals surface area contributed by atoms with E-state index in [9.17, 15) is 4.79 Å². The smallest absolute Gasteiger partial charge is 0.156 e. The molecule has 6 rings (SSSR count). The van der Waals surface area contributed by atoms with Crippen LogP contribution in [0.4, 0.5) is 0 Å². The number of furan rings is 1. The summed E-state index contributed by atoms with van der Waals surface area (Å²) in [5.74, 6) is 1.46. The van der Waals surface area contributed by atoms with Gasteiger partial charge < -0.3 is 9.15 Å².